The molecule has 41 heavy (non-hydrogen) atoms. The predicted octanol–water partition coefficient (Wildman–Crippen LogP) is 3.09. The van der Waals surface area contributed by atoms with Gasteiger partial charge < -0.3 is 25.0 Å². The largest absolute Gasteiger partial charge is 0.446 e. The minimum Gasteiger partial charge on any atom is -0.379 e. The second-order valence-corrected chi connectivity index (χ2v) is 11.1. The average molecular weight is 592 g/mol. The van der Waals surface area contributed by atoms with Gasteiger partial charge in [0.2, 0.25) is 0 Å². The lowest BCUT2D eigenvalue weighted by molar-refractivity contribution is -0.0327. The minimum atomic E-state index is -4.52. The van der Waals surface area contributed by atoms with Crippen LogP contribution < -0.4 is 10.6 Å². The summed E-state index contributed by atoms with van der Waals surface area (Å²) in [5.74, 6) is 5.96. The third-order valence-corrected chi connectivity index (χ3v) is 7.85. The molecule has 5 rings (SSSR count). The van der Waals surface area contributed by atoms with Crippen molar-refractivity contribution in [2.75, 3.05) is 58.4 Å². The van der Waals surface area contributed by atoms with Crippen LogP contribution in [-0.2, 0) is 16.0 Å². The summed E-state index contributed by atoms with van der Waals surface area (Å²) in [6.45, 7) is 4.07. The number of amides is 1. The third-order valence-electron chi connectivity index (χ3n) is 7.01. The first kappa shape index (κ1) is 29.2. The van der Waals surface area contributed by atoms with Crippen LogP contribution in [0.3, 0.4) is 0 Å². The number of hydrogen-bond acceptors (Lipinski definition) is 8. The molecule has 0 saturated carbocycles. The monoisotopic (exact) mass is 591 g/mol. The lowest BCUT2D eigenvalue weighted by Crippen LogP contribution is -2.45. The Labute approximate surface area is 239 Å². The molecule has 220 valence electrons. The number of aromatic nitrogens is 4. The third kappa shape index (κ3) is 7.73. The summed E-state index contributed by atoms with van der Waals surface area (Å²) in [6, 6.07) is 5.21. The van der Waals surface area contributed by atoms with Gasteiger partial charge >= 0.3 is 5.51 Å². The smallest absolute Gasteiger partial charge is 0.379 e. The summed E-state index contributed by atoms with van der Waals surface area (Å²) in [5, 5.41) is 14.9. The van der Waals surface area contributed by atoms with Crippen LogP contribution in [0.25, 0.3) is 5.52 Å². The Morgan fingerprint density at radius 2 is 1.95 bits per heavy atom. The van der Waals surface area contributed by atoms with Crippen molar-refractivity contribution in [1.29, 1.82) is 0 Å². The van der Waals surface area contributed by atoms with E-state index in [9.17, 15) is 18.0 Å². The standard InChI is InChI=1S/C27H32F3N7O3S/c1-35-10-7-21-19(17-35)8-12-39-14-15-40-13-11-36-18-20(16-32-36)26(38)31-9-3-4-22-25(41-27(28,29)30)23-5-2-6-24(33-21)37(23)34-22/h2,5-6,16,18-19,21,33H,7-15,17H2,1H3,(H,31,38). The molecule has 1 saturated heterocycles. The van der Waals surface area contributed by atoms with Gasteiger partial charge in [0, 0.05) is 25.4 Å². The van der Waals surface area contributed by atoms with Crippen molar-refractivity contribution in [1.82, 2.24) is 29.6 Å². The Morgan fingerprint density at radius 3 is 2.78 bits per heavy atom. The lowest BCUT2D eigenvalue weighted by atomic mass is 9.89. The molecule has 2 atom stereocenters. The molecule has 1 amide bonds. The highest BCUT2D eigenvalue weighted by Crippen LogP contribution is 2.41. The van der Waals surface area contributed by atoms with E-state index in [4.69, 9.17) is 9.47 Å². The zero-order chi connectivity index (χ0) is 28.8. The van der Waals surface area contributed by atoms with Gasteiger partial charge in [0.15, 0.2) is 0 Å². The first-order valence-corrected chi connectivity index (χ1v) is 14.3. The molecule has 0 spiro atoms. The number of pyridine rings is 1. The number of thioether (sulfide) groups is 1. The van der Waals surface area contributed by atoms with Crippen molar-refractivity contribution >= 4 is 29.0 Å². The molecule has 0 aliphatic carbocycles. The zero-order valence-electron chi connectivity index (χ0n) is 22.6. The zero-order valence-corrected chi connectivity index (χ0v) is 23.4. The van der Waals surface area contributed by atoms with Crippen LogP contribution in [0, 0.1) is 17.8 Å². The summed E-state index contributed by atoms with van der Waals surface area (Å²) in [4.78, 5) is 14.7. The second-order valence-electron chi connectivity index (χ2n) is 9.99. The normalized spacial score (nSPS) is 21.9. The summed E-state index contributed by atoms with van der Waals surface area (Å²) in [7, 11) is 2.08. The number of anilines is 1. The molecule has 10 nitrogen and oxygen atoms in total. The topological polar surface area (TPSA) is 98.0 Å². The highest BCUT2D eigenvalue weighted by Gasteiger charge is 2.33. The SMILES string of the molecule is CN1CCC2Nc3cccc4c(SC(F)(F)F)c(nn34)C#CCNC(=O)c3cnn(c3)CCOCCOCCC2C1. The summed E-state index contributed by atoms with van der Waals surface area (Å²) in [5.41, 5.74) is -3.88. The number of nitrogens with one attached hydrogen (secondary N) is 2. The van der Waals surface area contributed by atoms with E-state index in [1.54, 1.807) is 23.0 Å². The minimum absolute atomic E-state index is 0.00429. The molecule has 14 heteroatoms. The van der Waals surface area contributed by atoms with Gasteiger partial charge in [-0.05, 0) is 62.2 Å². The lowest BCUT2D eigenvalue weighted by Gasteiger charge is -2.37. The number of halogens is 3. The first-order valence-electron chi connectivity index (χ1n) is 13.4. The van der Waals surface area contributed by atoms with Gasteiger partial charge in [0.05, 0.1) is 55.1 Å². The van der Waals surface area contributed by atoms with Gasteiger partial charge in [-0.2, -0.15) is 23.4 Å². The molecule has 0 radical (unpaired) electrons. The van der Waals surface area contributed by atoms with Gasteiger partial charge in [-0.25, -0.2) is 4.52 Å². The number of carbonyl (C=O) groups excluding carboxylic acids is 1. The molecule has 2 N–H and O–H groups in total. The molecule has 5 heterocycles. The number of carbonyl (C=O) groups is 1. The fourth-order valence-corrected chi connectivity index (χ4v) is 5.69. The molecule has 4 bridgehead atoms. The number of likely N-dealkylation sites (tertiary alicyclic amines) is 1. The summed E-state index contributed by atoms with van der Waals surface area (Å²) >= 11 is -0.239. The van der Waals surface area contributed by atoms with E-state index < -0.39 is 11.4 Å². The molecule has 3 aromatic rings. The van der Waals surface area contributed by atoms with Crippen LogP contribution in [0.5, 0.6) is 0 Å². The van der Waals surface area contributed by atoms with E-state index in [1.807, 2.05) is 6.07 Å². The van der Waals surface area contributed by atoms with E-state index in [0.29, 0.717) is 49.9 Å². The van der Waals surface area contributed by atoms with Crippen molar-refractivity contribution in [3.8, 4) is 11.8 Å². The van der Waals surface area contributed by atoms with Crippen LogP contribution >= 0.6 is 11.8 Å². The number of nitrogens with zero attached hydrogens (tertiary/aromatic N) is 5. The average Bonchev–Trinajstić information content (AvgIpc) is 3.54. The van der Waals surface area contributed by atoms with E-state index in [-0.39, 0.29) is 40.9 Å². The maximum absolute atomic E-state index is 13.6. The Bertz CT molecular complexity index is 1410. The predicted molar refractivity (Wildman–Crippen MR) is 148 cm³/mol. The number of fused-ring (bicyclic) bond motifs is 4. The molecule has 2 aliphatic heterocycles. The van der Waals surface area contributed by atoms with Crippen LogP contribution in [0.15, 0.2) is 35.5 Å². The van der Waals surface area contributed by atoms with Gasteiger partial charge in [0.25, 0.3) is 5.91 Å². The summed E-state index contributed by atoms with van der Waals surface area (Å²) in [6.07, 6.45) is 4.73. The molecule has 1 fully saturated rings. The Kier molecular flexibility index (Phi) is 9.39. The number of alkyl halides is 3. The quantitative estimate of drug-likeness (QED) is 0.329. The van der Waals surface area contributed by atoms with Crippen molar-refractivity contribution < 1.29 is 27.4 Å². The van der Waals surface area contributed by atoms with Crippen molar-refractivity contribution in [2.24, 2.45) is 5.92 Å². The van der Waals surface area contributed by atoms with E-state index in [2.05, 4.69) is 44.6 Å². The molecular weight excluding hydrogens is 559 g/mol. The number of rotatable bonds is 1. The van der Waals surface area contributed by atoms with Crippen LogP contribution in [-0.4, -0.2) is 94.9 Å². The van der Waals surface area contributed by atoms with E-state index in [0.717, 1.165) is 25.9 Å². The molecule has 2 aliphatic rings. The Balaban J connectivity index is 1.44. The number of hydrogen-bond donors (Lipinski definition) is 2. The second kappa shape index (κ2) is 13.2. The first-order chi connectivity index (χ1) is 19.8. The summed E-state index contributed by atoms with van der Waals surface area (Å²) < 4.78 is 55.3. The molecule has 0 aromatic carbocycles. The van der Waals surface area contributed by atoms with Crippen LogP contribution in [0.2, 0.25) is 0 Å². The van der Waals surface area contributed by atoms with Crippen molar-refractivity contribution in [3.63, 3.8) is 0 Å². The maximum atomic E-state index is 13.6. The Hall–Kier alpha value is -3.25. The van der Waals surface area contributed by atoms with Crippen LogP contribution in [0.4, 0.5) is 19.0 Å². The number of ether oxygens (including phenoxy) is 2. The van der Waals surface area contributed by atoms with Gasteiger partial charge in [-0.1, -0.05) is 12.0 Å². The van der Waals surface area contributed by atoms with Crippen LogP contribution in [0.1, 0.15) is 28.9 Å². The van der Waals surface area contributed by atoms with Crippen molar-refractivity contribution in [2.45, 2.75) is 35.8 Å². The maximum Gasteiger partial charge on any atom is 0.446 e. The van der Waals surface area contributed by atoms with E-state index >= 15 is 0 Å². The number of piperidine rings is 1. The highest BCUT2D eigenvalue weighted by atomic mass is 32.2. The molecule has 2 unspecified atom stereocenters. The van der Waals surface area contributed by atoms with E-state index in [1.165, 1.54) is 10.7 Å². The fourth-order valence-electron chi connectivity index (χ4n) is 5.01. The molecular formula is C27H32F3N7O3S. The van der Waals surface area contributed by atoms with Gasteiger partial charge in [-0.3, -0.25) is 9.48 Å². The molecule has 3 aromatic heterocycles. The van der Waals surface area contributed by atoms with Gasteiger partial charge in [0.1, 0.15) is 11.5 Å². The highest BCUT2D eigenvalue weighted by molar-refractivity contribution is 8.00. The fraction of sp³-hybridized carbons (Fsp3) is 0.519. The Morgan fingerprint density at radius 1 is 1.12 bits per heavy atom. The van der Waals surface area contributed by atoms with Crippen molar-refractivity contribution in [3.05, 3.63) is 41.9 Å². The van der Waals surface area contributed by atoms with Gasteiger partial charge in [-0.15, -0.1) is 0 Å².